The van der Waals surface area contributed by atoms with Crippen molar-refractivity contribution >= 4 is 22.4 Å². The third-order valence-corrected chi connectivity index (χ3v) is 5.64. The van der Waals surface area contributed by atoms with Gasteiger partial charge in [0.1, 0.15) is 17.9 Å². The molecule has 1 saturated heterocycles. The van der Waals surface area contributed by atoms with Gasteiger partial charge in [-0.1, -0.05) is 0 Å². The molecule has 0 radical (unpaired) electrons. The Labute approximate surface area is 177 Å². The van der Waals surface area contributed by atoms with E-state index in [0.717, 1.165) is 74.3 Å². The van der Waals surface area contributed by atoms with Gasteiger partial charge in [-0.15, -0.1) is 0 Å². The molecule has 1 aliphatic heterocycles. The van der Waals surface area contributed by atoms with Crippen molar-refractivity contribution in [2.75, 3.05) is 38.3 Å². The van der Waals surface area contributed by atoms with Crippen LogP contribution in [0, 0.1) is 0 Å². The predicted octanol–water partition coefficient (Wildman–Crippen LogP) is 2.25. The summed E-state index contributed by atoms with van der Waals surface area (Å²) in [4.78, 5) is 15.6. The third-order valence-electron chi connectivity index (χ3n) is 5.64. The molecule has 1 saturated carbocycles. The maximum atomic E-state index is 6.48. The number of nitrogens with one attached hydrogen (secondary N) is 1. The minimum Gasteiger partial charge on any atom is -0.490 e. The van der Waals surface area contributed by atoms with Crippen LogP contribution in [-0.4, -0.2) is 61.3 Å². The summed E-state index contributed by atoms with van der Waals surface area (Å²) in [6.45, 7) is 3.25. The first-order valence-corrected chi connectivity index (χ1v) is 10.6. The molecular formula is C22H30N6O2. The van der Waals surface area contributed by atoms with Crippen molar-refractivity contribution in [3.8, 4) is 5.75 Å². The number of rotatable bonds is 6. The smallest absolute Gasteiger partial charge is 0.132 e. The van der Waals surface area contributed by atoms with Gasteiger partial charge in [0.25, 0.3) is 0 Å². The van der Waals surface area contributed by atoms with Crippen molar-refractivity contribution in [3.05, 3.63) is 36.9 Å². The Balaban J connectivity index is 1.46. The Kier molecular flexibility index (Phi) is 6.63. The standard InChI is InChI=1S/C22H30N6O2/c1-24-7-6-22(23)27-16-2-4-18(5-3-16)30-21-13-17(28-8-10-29-11-9-28)12-20-19(21)14-25-15-26-20/h6-7,12-16,18,24H,2-5,8-11H2,1H3,(H2,23,27)/b7-6-. The van der Waals surface area contributed by atoms with Gasteiger partial charge in [0.2, 0.25) is 0 Å². The quantitative estimate of drug-likeness (QED) is 0.557. The molecule has 0 atom stereocenters. The van der Waals surface area contributed by atoms with Crippen LogP contribution in [0.3, 0.4) is 0 Å². The van der Waals surface area contributed by atoms with E-state index in [1.165, 1.54) is 0 Å². The van der Waals surface area contributed by atoms with Crippen molar-refractivity contribution in [1.29, 1.82) is 0 Å². The highest BCUT2D eigenvalue weighted by Crippen LogP contribution is 2.34. The molecule has 3 N–H and O–H groups in total. The molecule has 4 rings (SSSR count). The van der Waals surface area contributed by atoms with E-state index in [4.69, 9.17) is 15.2 Å². The molecule has 30 heavy (non-hydrogen) atoms. The number of amidine groups is 1. The molecule has 160 valence electrons. The zero-order valence-corrected chi connectivity index (χ0v) is 17.5. The second-order valence-electron chi connectivity index (χ2n) is 7.72. The monoisotopic (exact) mass is 410 g/mol. The van der Waals surface area contributed by atoms with Crippen molar-refractivity contribution < 1.29 is 9.47 Å². The fourth-order valence-electron chi connectivity index (χ4n) is 4.03. The van der Waals surface area contributed by atoms with Crippen molar-refractivity contribution in [2.24, 2.45) is 10.7 Å². The number of hydrogen-bond acceptors (Lipinski definition) is 7. The summed E-state index contributed by atoms with van der Waals surface area (Å²) in [6, 6.07) is 4.50. The Morgan fingerprint density at radius 2 is 2.07 bits per heavy atom. The Bertz CT molecular complexity index is 902. The lowest BCUT2D eigenvalue weighted by molar-refractivity contribution is 0.122. The van der Waals surface area contributed by atoms with E-state index in [-0.39, 0.29) is 12.1 Å². The van der Waals surface area contributed by atoms with E-state index in [2.05, 4.69) is 37.3 Å². The minimum absolute atomic E-state index is 0.161. The molecule has 8 nitrogen and oxygen atoms in total. The summed E-state index contributed by atoms with van der Waals surface area (Å²) in [5.74, 6) is 1.42. The summed E-state index contributed by atoms with van der Waals surface area (Å²) in [5.41, 5.74) is 8.00. The normalized spacial score (nSPS) is 23.1. The molecule has 1 aromatic carbocycles. The maximum absolute atomic E-state index is 6.48. The van der Waals surface area contributed by atoms with E-state index < -0.39 is 0 Å². The Morgan fingerprint density at radius 3 is 2.83 bits per heavy atom. The van der Waals surface area contributed by atoms with E-state index in [0.29, 0.717) is 5.84 Å². The van der Waals surface area contributed by atoms with Crippen molar-refractivity contribution in [2.45, 2.75) is 37.8 Å². The Hall–Kier alpha value is -2.87. The van der Waals surface area contributed by atoms with Crippen LogP contribution in [0.1, 0.15) is 25.7 Å². The number of nitrogens with two attached hydrogens (primary N) is 1. The zero-order valence-electron chi connectivity index (χ0n) is 17.5. The molecule has 0 amide bonds. The van der Waals surface area contributed by atoms with Crippen LogP contribution in [0.2, 0.25) is 0 Å². The van der Waals surface area contributed by atoms with Crippen molar-refractivity contribution in [1.82, 2.24) is 15.3 Å². The van der Waals surface area contributed by atoms with E-state index >= 15 is 0 Å². The highest BCUT2D eigenvalue weighted by atomic mass is 16.5. The summed E-state index contributed by atoms with van der Waals surface area (Å²) in [5, 5.41) is 3.89. The summed E-state index contributed by atoms with van der Waals surface area (Å²) in [7, 11) is 1.84. The zero-order chi connectivity index (χ0) is 20.8. The molecule has 2 fully saturated rings. The van der Waals surface area contributed by atoms with Crippen LogP contribution in [0.4, 0.5) is 5.69 Å². The maximum Gasteiger partial charge on any atom is 0.132 e. The number of ether oxygens (including phenoxy) is 2. The number of hydrogen-bond donors (Lipinski definition) is 2. The molecule has 2 aliphatic rings. The fraction of sp³-hybridized carbons (Fsp3) is 0.500. The first-order valence-electron chi connectivity index (χ1n) is 10.6. The highest BCUT2D eigenvalue weighted by molar-refractivity contribution is 5.91. The third kappa shape index (κ3) is 4.99. The van der Waals surface area contributed by atoms with Crippen LogP contribution in [0.5, 0.6) is 5.75 Å². The largest absolute Gasteiger partial charge is 0.490 e. The lowest BCUT2D eigenvalue weighted by Crippen LogP contribution is -2.36. The molecule has 0 unspecified atom stereocenters. The van der Waals surface area contributed by atoms with Crippen molar-refractivity contribution in [3.63, 3.8) is 0 Å². The van der Waals surface area contributed by atoms with Gasteiger partial charge in [0, 0.05) is 38.1 Å². The number of fused-ring (bicyclic) bond motifs is 1. The van der Waals surface area contributed by atoms with Gasteiger partial charge in [-0.2, -0.15) is 0 Å². The Morgan fingerprint density at radius 1 is 1.27 bits per heavy atom. The SMILES string of the molecule is CN/C=C\C(N)=NC1CCC(Oc2cc(N3CCOCC3)cc3ncncc23)CC1. The van der Waals surface area contributed by atoms with Crippen LogP contribution in [0.25, 0.3) is 10.9 Å². The van der Waals surface area contributed by atoms with E-state index in [1.54, 1.807) is 18.6 Å². The number of aliphatic imine (C=N–C) groups is 1. The molecule has 1 aliphatic carbocycles. The van der Waals surface area contributed by atoms with E-state index in [9.17, 15) is 0 Å². The number of nitrogens with zero attached hydrogens (tertiary/aromatic N) is 4. The number of morpholine rings is 1. The summed E-state index contributed by atoms with van der Waals surface area (Å²) in [6.07, 6.45) is 11.0. The van der Waals surface area contributed by atoms with Crippen LogP contribution in [-0.2, 0) is 4.74 Å². The molecule has 0 spiro atoms. The average molecular weight is 411 g/mol. The molecule has 8 heteroatoms. The van der Waals surface area contributed by atoms with E-state index in [1.807, 2.05) is 13.2 Å². The predicted molar refractivity (Wildman–Crippen MR) is 119 cm³/mol. The molecule has 2 aromatic rings. The van der Waals surface area contributed by atoms with Gasteiger partial charge < -0.3 is 25.4 Å². The number of aromatic nitrogens is 2. The topological polar surface area (TPSA) is 97.9 Å². The van der Waals surface area contributed by atoms with Gasteiger partial charge in [0.05, 0.1) is 36.3 Å². The van der Waals surface area contributed by atoms with Crippen LogP contribution in [0.15, 0.2) is 41.9 Å². The minimum atomic E-state index is 0.161. The average Bonchev–Trinajstić information content (AvgIpc) is 2.79. The van der Waals surface area contributed by atoms with Gasteiger partial charge in [-0.3, -0.25) is 4.99 Å². The first kappa shape index (κ1) is 20.4. The molecule has 1 aromatic heterocycles. The molecule has 2 heterocycles. The van der Waals surface area contributed by atoms with Crippen LogP contribution < -0.4 is 20.7 Å². The molecule has 0 bridgehead atoms. The summed E-state index contributed by atoms with van der Waals surface area (Å²) >= 11 is 0. The first-order chi connectivity index (χ1) is 14.7. The van der Waals surface area contributed by atoms with Crippen LogP contribution >= 0.6 is 0 Å². The van der Waals surface area contributed by atoms with Gasteiger partial charge >= 0.3 is 0 Å². The van der Waals surface area contributed by atoms with Gasteiger partial charge in [-0.05, 0) is 44.0 Å². The highest BCUT2D eigenvalue weighted by Gasteiger charge is 2.23. The lowest BCUT2D eigenvalue weighted by atomic mass is 9.93. The number of benzene rings is 1. The molecular weight excluding hydrogens is 380 g/mol. The lowest BCUT2D eigenvalue weighted by Gasteiger charge is -2.31. The number of anilines is 1. The second kappa shape index (κ2) is 9.75. The van der Waals surface area contributed by atoms with Gasteiger partial charge in [-0.25, -0.2) is 9.97 Å². The van der Waals surface area contributed by atoms with Gasteiger partial charge in [0.15, 0.2) is 0 Å². The summed E-state index contributed by atoms with van der Waals surface area (Å²) < 4.78 is 12.0. The fourth-order valence-corrected chi connectivity index (χ4v) is 4.03. The second-order valence-corrected chi connectivity index (χ2v) is 7.72.